The standard InChI is InChI=1S/C21H28N4O5S2/c1-22-9-11-24(12-10-22)32(28,29)17-6-7-18(19(14-17)25(26)27)23(2)15-16-5-8-21(31-4)20(13-16)30-3/h5-8,13-14H,9-12,15H2,1-4H3. The minimum Gasteiger partial charge on any atom is -0.496 e. The first-order valence-corrected chi connectivity index (χ1v) is 12.7. The second-order valence-corrected chi connectivity index (χ2v) is 10.4. The van der Waals surface area contributed by atoms with Gasteiger partial charge in [0.05, 0.1) is 16.9 Å². The van der Waals surface area contributed by atoms with Gasteiger partial charge in [-0.05, 0) is 43.1 Å². The molecule has 0 saturated carbocycles. The highest BCUT2D eigenvalue weighted by molar-refractivity contribution is 7.98. The molecule has 174 valence electrons. The highest BCUT2D eigenvalue weighted by Crippen LogP contribution is 2.33. The summed E-state index contributed by atoms with van der Waals surface area (Å²) in [5, 5.41) is 11.8. The van der Waals surface area contributed by atoms with Crippen LogP contribution in [0.2, 0.25) is 0 Å². The molecule has 1 fully saturated rings. The molecule has 9 nitrogen and oxygen atoms in total. The maximum Gasteiger partial charge on any atom is 0.293 e. The first-order valence-electron chi connectivity index (χ1n) is 10.1. The van der Waals surface area contributed by atoms with E-state index in [2.05, 4.69) is 0 Å². The van der Waals surface area contributed by atoms with Gasteiger partial charge in [-0.15, -0.1) is 11.8 Å². The Morgan fingerprint density at radius 1 is 1.16 bits per heavy atom. The fourth-order valence-electron chi connectivity index (χ4n) is 3.65. The molecule has 1 aliphatic rings. The quantitative estimate of drug-likeness (QED) is 0.323. The average Bonchev–Trinajstić information content (AvgIpc) is 2.78. The maximum atomic E-state index is 13.0. The van der Waals surface area contributed by atoms with Crippen LogP contribution in [0.1, 0.15) is 5.56 Å². The third-order valence-corrected chi connectivity index (χ3v) is 8.19. The molecule has 1 aliphatic heterocycles. The van der Waals surface area contributed by atoms with Gasteiger partial charge in [-0.1, -0.05) is 6.07 Å². The molecular weight excluding hydrogens is 452 g/mol. The van der Waals surface area contributed by atoms with E-state index in [4.69, 9.17) is 4.74 Å². The molecule has 0 aliphatic carbocycles. The summed E-state index contributed by atoms with van der Waals surface area (Å²) in [7, 11) is 1.49. The van der Waals surface area contributed by atoms with Crippen molar-refractivity contribution in [1.82, 2.24) is 9.21 Å². The zero-order chi connectivity index (χ0) is 23.5. The number of nitro benzene ring substituents is 1. The summed E-state index contributed by atoms with van der Waals surface area (Å²) in [4.78, 5) is 16.0. The number of piperazine rings is 1. The minimum atomic E-state index is -3.79. The van der Waals surface area contributed by atoms with Crippen molar-refractivity contribution in [2.45, 2.75) is 16.3 Å². The van der Waals surface area contributed by atoms with E-state index in [1.165, 1.54) is 16.4 Å². The number of likely N-dealkylation sites (N-methyl/N-ethyl adjacent to an activating group) is 1. The Morgan fingerprint density at radius 3 is 2.44 bits per heavy atom. The van der Waals surface area contributed by atoms with Gasteiger partial charge in [-0.2, -0.15) is 4.31 Å². The first-order chi connectivity index (χ1) is 15.2. The maximum absolute atomic E-state index is 13.0. The van der Waals surface area contributed by atoms with Gasteiger partial charge in [0.15, 0.2) is 0 Å². The van der Waals surface area contributed by atoms with Crippen LogP contribution < -0.4 is 9.64 Å². The molecule has 0 amide bonds. The van der Waals surface area contributed by atoms with Crippen LogP contribution in [0.25, 0.3) is 0 Å². The molecule has 0 N–H and O–H groups in total. The monoisotopic (exact) mass is 480 g/mol. The van der Waals surface area contributed by atoms with E-state index < -0.39 is 14.9 Å². The zero-order valence-corrected chi connectivity index (χ0v) is 20.3. The van der Waals surface area contributed by atoms with Gasteiger partial charge in [0.2, 0.25) is 10.0 Å². The average molecular weight is 481 g/mol. The molecule has 1 heterocycles. The van der Waals surface area contributed by atoms with Crippen molar-refractivity contribution < 1.29 is 18.1 Å². The number of anilines is 1. The molecule has 0 bridgehead atoms. The number of nitrogens with zero attached hydrogens (tertiary/aromatic N) is 4. The third-order valence-electron chi connectivity index (χ3n) is 5.52. The highest BCUT2D eigenvalue weighted by atomic mass is 32.2. The van der Waals surface area contributed by atoms with Crippen molar-refractivity contribution in [3.63, 3.8) is 0 Å². The number of benzene rings is 2. The third kappa shape index (κ3) is 5.17. The number of sulfonamides is 1. The van der Waals surface area contributed by atoms with Crippen LogP contribution in [-0.2, 0) is 16.6 Å². The van der Waals surface area contributed by atoms with Crippen LogP contribution in [0.15, 0.2) is 46.2 Å². The van der Waals surface area contributed by atoms with Gasteiger partial charge in [0.25, 0.3) is 5.69 Å². The number of thioether (sulfide) groups is 1. The van der Waals surface area contributed by atoms with E-state index in [9.17, 15) is 18.5 Å². The van der Waals surface area contributed by atoms with Crippen LogP contribution in [0.5, 0.6) is 5.75 Å². The number of methoxy groups -OCH3 is 1. The summed E-state index contributed by atoms with van der Waals surface area (Å²) in [6.07, 6.45) is 1.96. The van der Waals surface area contributed by atoms with Gasteiger partial charge >= 0.3 is 0 Å². The van der Waals surface area contributed by atoms with Crippen LogP contribution >= 0.6 is 11.8 Å². The Morgan fingerprint density at radius 2 is 1.84 bits per heavy atom. The van der Waals surface area contributed by atoms with Crippen molar-refractivity contribution in [2.24, 2.45) is 0 Å². The van der Waals surface area contributed by atoms with Gasteiger partial charge in [0, 0.05) is 50.7 Å². The second-order valence-electron chi connectivity index (χ2n) is 7.66. The number of hydrogen-bond donors (Lipinski definition) is 0. The van der Waals surface area contributed by atoms with Crippen LogP contribution in [0.4, 0.5) is 11.4 Å². The van der Waals surface area contributed by atoms with E-state index >= 15 is 0 Å². The lowest BCUT2D eigenvalue weighted by atomic mass is 10.2. The predicted octanol–water partition coefficient (Wildman–Crippen LogP) is 2.90. The SMILES string of the molecule is COc1cc(CN(C)c2ccc(S(=O)(=O)N3CCN(C)CC3)cc2[N+](=O)[O-])ccc1SC. The molecule has 3 rings (SSSR count). The molecule has 0 atom stereocenters. The summed E-state index contributed by atoms with van der Waals surface area (Å²) in [5.41, 5.74) is 1.03. The molecule has 11 heteroatoms. The Hall–Kier alpha value is -2.34. The lowest BCUT2D eigenvalue weighted by molar-refractivity contribution is -0.384. The summed E-state index contributed by atoms with van der Waals surface area (Å²) >= 11 is 1.57. The van der Waals surface area contributed by atoms with Crippen molar-refractivity contribution >= 4 is 33.2 Å². The van der Waals surface area contributed by atoms with E-state index in [0.29, 0.717) is 38.4 Å². The first kappa shape index (κ1) is 24.3. The van der Waals surface area contributed by atoms with Gasteiger partial charge < -0.3 is 14.5 Å². The highest BCUT2D eigenvalue weighted by Gasteiger charge is 2.30. The summed E-state index contributed by atoms with van der Waals surface area (Å²) in [5.74, 6) is 0.742. The summed E-state index contributed by atoms with van der Waals surface area (Å²) < 4.78 is 32.9. The molecule has 0 unspecified atom stereocenters. The van der Waals surface area contributed by atoms with Crippen molar-refractivity contribution in [1.29, 1.82) is 0 Å². The van der Waals surface area contributed by atoms with Gasteiger partial charge in [0.1, 0.15) is 11.4 Å². The number of hydrogen-bond acceptors (Lipinski definition) is 8. The topological polar surface area (TPSA) is 96.2 Å². The van der Waals surface area contributed by atoms with Gasteiger partial charge in [-0.25, -0.2) is 8.42 Å². The van der Waals surface area contributed by atoms with Gasteiger partial charge in [-0.3, -0.25) is 10.1 Å². The summed E-state index contributed by atoms with van der Waals surface area (Å²) in [6.45, 7) is 2.38. The van der Waals surface area contributed by atoms with E-state index in [1.54, 1.807) is 30.8 Å². The molecule has 2 aromatic carbocycles. The Kier molecular flexibility index (Phi) is 7.65. The molecule has 0 aromatic heterocycles. The number of ether oxygens (including phenoxy) is 1. The minimum absolute atomic E-state index is 0.0584. The predicted molar refractivity (Wildman–Crippen MR) is 126 cm³/mol. The molecule has 0 spiro atoms. The molecule has 0 radical (unpaired) electrons. The number of rotatable bonds is 8. The Balaban J connectivity index is 1.88. The lowest BCUT2D eigenvalue weighted by Gasteiger charge is -2.31. The normalized spacial score (nSPS) is 15.5. The lowest BCUT2D eigenvalue weighted by Crippen LogP contribution is -2.47. The largest absolute Gasteiger partial charge is 0.496 e. The van der Waals surface area contributed by atoms with Crippen LogP contribution in [-0.4, -0.2) is 76.2 Å². The Bertz CT molecular complexity index is 1090. The van der Waals surface area contributed by atoms with Crippen molar-refractivity contribution in [2.75, 3.05) is 58.5 Å². The van der Waals surface area contributed by atoms with E-state index in [1.807, 2.05) is 36.4 Å². The fraction of sp³-hybridized carbons (Fsp3) is 0.429. The van der Waals surface area contributed by atoms with E-state index in [0.717, 1.165) is 22.3 Å². The van der Waals surface area contributed by atoms with Crippen LogP contribution in [0.3, 0.4) is 0 Å². The van der Waals surface area contributed by atoms with Crippen LogP contribution in [0, 0.1) is 10.1 Å². The number of nitro groups is 1. The molecule has 1 saturated heterocycles. The van der Waals surface area contributed by atoms with E-state index in [-0.39, 0.29) is 10.6 Å². The molecular formula is C21H28N4O5S2. The second kappa shape index (κ2) is 10.1. The summed E-state index contributed by atoms with van der Waals surface area (Å²) in [6, 6.07) is 9.92. The smallest absolute Gasteiger partial charge is 0.293 e. The molecule has 2 aromatic rings. The van der Waals surface area contributed by atoms with Crippen molar-refractivity contribution in [3.8, 4) is 5.75 Å². The Labute approximate surface area is 193 Å². The fourth-order valence-corrected chi connectivity index (χ4v) is 5.64. The zero-order valence-electron chi connectivity index (χ0n) is 18.6. The molecule has 32 heavy (non-hydrogen) atoms. The van der Waals surface area contributed by atoms with Crippen molar-refractivity contribution in [3.05, 3.63) is 52.1 Å².